The topological polar surface area (TPSA) is 40.6 Å². The highest BCUT2D eigenvalue weighted by atomic mass is 32.2. The van der Waals surface area contributed by atoms with Crippen molar-refractivity contribution in [3.63, 3.8) is 0 Å². The molecular weight excluding hydrogens is 232 g/mol. The molecular formula is C9H20N2O2S2. The summed E-state index contributed by atoms with van der Waals surface area (Å²) in [6.45, 7) is 7.30. The summed E-state index contributed by atoms with van der Waals surface area (Å²) in [6.07, 6.45) is 0. The van der Waals surface area contributed by atoms with Crippen molar-refractivity contribution in [1.29, 1.82) is 0 Å². The van der Waals surface area contributed by atoms with Crippen LogP contribution in [0.25, 0.3) is 0 Å². The first-order chi connectivity index (χ1) is 6.98. The fourth-order valence-electron chi connectivity index (χ4n) is 1.65. The number of piperazine rings is 1. The summed E-state index contributed by atoms with van der Waals surface area (Å²) in [6, 6.07) is 0. The van der Waals surface area contributed by atoms with Gasteiger partial charge >= 0.3 is 0 Å². The van der Waals surface area contributed by atoms with Gasteiger partial charge in [-0.25, -0.2) is 8.42 Å². The number of rotatable bonds is 4. The Kier molecular flexibility index (Phi) is 4.89. The van der Waals surface area contributed by atoms with Gasteiger partial charge in [-0.3, -0.25) is 4.90 Å². The van der Waals surface area contributed by atoms with Gasteiger partial charge in [-0.15, -0.1) is 0 Å². The molecule has 1 rings (SSSR count). The van der Waals surface area contributed by atoms with Crippen molar-refractivity contribution < 1.29 is 8.42 Å². The maximum absolute atomic E-state index is 11.8. The van der Waals surface area contributed by atoms with E-state index in [0.29, 0.717) is 13.1 Å². The van der Waals surface area contributed by atoms with Crippen LogP contribution in [0.2, 0.25) is 0 Å². The van der Waals surface area contributed by atoms with E-state index < -0.39 is 10.0 Å². The van der Waals surface area contributed by atoms with Gasteiger partial charge in [-0.2, -0.15) is 16.9 Å². The molecule has 0 saturated carbocycles. The third kappa shape index (κ3) is 3.34. The second-order valence-electron chi connectivity index (χ2n) is 4.06. The van der Waals surface area contributed by atoms with E-state index in [1.54, 1.807) is 18.2 Å². The van der Waals surface area contributed by atoms with Crippen LogP contribution in [-0.4, -0.2) is 61.3 Å². The van der Waals surface area contributed by atoms with Gasteiger partial charge in [-0.05, 0) is 13.8 Å². The zero-order valence-electron chi connectivity index (χ0n) is 9.39. The smallest absolute Gasteiger partial charge is 0.216 e. The monoisotopic (exact) mass is 252 g/mol. The Morgan fingerprint density at radius 3 is 2.13 bits per heavy atom. The number of hydrogen-bond donors (Lipinski definition) is 1. The van der Waals surface area contributed by atoms with Crippen LogP contribution in [0, 0.1) is 0 Å². The second kappa shape index (κ2) is 5.52. The van der Waals surface area contributed by atoms with Gasteiger partial charge in [0, 0.05) is 38.5 Å². The Labute approximate surface area is 98.1 Å². The zero-order chi connectivity index (χ0) is 11.5. The third-order valence-corrected chi connectivity index (χ3v) is 5.18. The predicted molar refractivity (Wildman–Crippen MR) is 65.9 cm³/mol. The van der Waals surface area contributed by atoms with Crippen molar-refractivity contribution in [3.05, 3.63) is 0 Å². The van der Waals surface area contributed by atoms with E-state index in [-0.39, 0.29) is 5.25 Å². The van der Waals surface area contributed by atoms with Crippen LogP contribution in [0.1, 0.15) is 13.8 Å². The van der Waals surface area contributed by atoms with Crippen molar-refractivity contribution in [2.24, 2.45) is 0 Å². The normalized spacial score (nSPS) is 21.1. The quantitative estimate of drug-likeness (QED) is 0.730. The highest BCUT2D eigenvalue weighted by Crippen LogP contribution is 2.11. The molecule has 1 fully saturated rings. The molecule has 0 atom stereocenters. The minimum absolute atomic E-state index is 0.311. The predicted octanol–water partition coefficient (Wildman–Crippen LogP) is 0.272. The van der Waals surface area contributed by atoms with Crippen molar-refractivity contribution in [2.75, 3.05) is 38.5 Å². The molecule has 0 amide bonds. The molecule has 0 spiro atoms. The fraction of sp³-hybridized carbons (Fsp3) is 1.00. The van der Waals surface area contributed by atoms with E-state index in [0.717, 1.165) is 25.4 Å². The van der Waals surface area contributed by atoms with E-state index in [4.69, 9.17) is 0 Å². The summed E-state index contributed by atoms with van der Waals surface area (Å²) < 4.78 is 25.3. The van der Waals surface area contributed by atoms with Gasteiger partial charge in [0.25, 0.3) is 0 Å². The van der Waals surface area contributed by atoms with E-state index in [9.17, 15) is 8.42 Å². The highest BCUT2D eigenvalue weighted by molar-refractivity contribution is 7.89. The molecule has 0 aromatic rings. The van der Waals surface area contributed by atoms with Crippen LogP contribution in [-0.2, 0) is 10.0 Å². The lowest BCUT2D eigenvalue weighted by Crippen LogP contribution is -2.50. The lowest BCUT2D eigenvalue weighted by atomic mass is 10.4. The molecule has 1 heterocycles. The van der Waals surface area contributed by atoms with Crippen LogP contribution in [0.15, 0.2) is 0 Å². The summed E-state index contributed by atoms with van der Waals surface area (Å²) in [4.78, 5) is 2.25. The fourth-order valence-corrected chi connectivity index (χ4v) is 3.20. The standard InChI is InChI=1S/C9H20N2O2S2/c1-9(2)15(12,13)11-5-3-10(4-6-11)7-8-14/h9,14H,3-8H2,1-2H3. The minimum Gasteiger partial charge on any atom is -0.300 e. The zero-order valence-corrected chi connectivity index (χ0v) is 11.1. The van der Waals surface area contributed by atoms with Crippen molar-refractivity contribution in [2.45, 2.75) is 19.1 Å². The first kappa shape index (κ1) is 13.3. The van der Waals surface area contributed by atoms with Crippen molar-refractivity contribution >= 4 is 22.7 Å². The molecule has 90 valence electrons. The van der Waals surface area contributed by atoms with Crippen molar-refractivity contribution in [1.82, 2.24) is 9.21 Å². The van der Waals surface area contributed by atoms with Gasteiger partial charge in [0.1, 0.15) is 0 Å². The van der Waals surface area contributed by atoms with Crippen LogP contribution in [0.4, 0.5) is 0 Å². The van der Waals surface area contributed by atoms with Gasteiger partial charge in [-0.1, -0.05) is 0 Å². The van der Waals surface area contributed by atoms with E-state index in [2.05, 4.69) is 17.5 Å². The van der Waals surface area contributed by atoms with Gasteiger partial charge < -0.3 is 0 Å². The molecule has 1 saturated heterocycles. The Balaban J connectivity index is 2.51. The molecule has 0 bridgehead atoms. The summed E-state index contributed by atoms with van der Waals surface area (Å²) in [5.41, 5.74) is 0. The molecule has 0 radical (unpaired) electrons. The number of thiol groups is 1. The average molecular weight is 252 g/mol. The Morgan fingerprint density at radius 2 is 1.73 bits per heavy atom. The Bertz CT molecular complexity index is 282. The van der Waals surface area contributed by atoms with Crippen LogP contribution >= 0.6 is 12.6 Å². The molecule has 1 aliphatic rings. The summed E-state index contributed by atoms with van der Waals surface area (Å²) >= 11 is 4.17. The maximum Gasteiger partial charge on any atom is 0.216 e. The Hall–Kier alpha value is 0.220. The third-order valence-electron chi connectivity index (χ3n) is 2.70. The van der Waals surface area contributed by atoms with Gasteiger partial charge in [0.15, 0.2) is 0 Å². The van der Waals surface area contributed by atoms with Crippen molar-refractivity contribution in [3.8, 4) is 0 Å². The van der Waals surface area contributed by atoms with E-state index in [1.807, 2.05) is 0 Å². The van der Waals surface area contributed by atoms with Gasteiger partial charge in [0.2, 0.25) is 10.0 Å². The number of hydrogen-bond acceptors (Lipinski definition) is 4. The molecule has 6 heteroatoms. The van der Waals surface area contributed by atoms with E-state index >= 15 is 0 Å². The molecule has 15 heavy (non-hydrogen) atoms. The largest absolute Gasteiger partial charge is 0.300 e. The molecule has 0 aromatic carbocycles. The van der Waals surface area contributed by atoms with Crippen LogP contribution in [0.3, 0.4) is 0 Å². The lowest BCUT2D eigenvalue weighted by Gasteiger charge is -2.34. The number of sulfonamides is 1. The maximum atomic E-state index is 11.8. The first-order valence-electron chi connectivity index (χ1n) is 5.30. The molecule has 0 N–H and O–H groups in total. The minimum atomic E-state index is -3.05. The molecule has 0 aliphatic carbocycles. The average Bonchev–Trinajstić information content (AvgIpc) is 2.19. The summed E-state index contributed by atoms with van der Waals surface area (Å²) in [5.74, 6) is 0.830. The molecule has 0 aromatic heterocycles. The molecule has 4 nitrogen and oxygen atoms in total. The first-order valence-corrected chi connectivity index (χ1v) is 7.44. The van der Waals surface area contributed by atoms with Gasteiger partial charge in [0.05, 0.1) is 5.25 Å². The molecule has 1 aliphatic heterocycles. The summed E-state index contributed by atoms with van der Waals surface area (Å²) in [7, 11) is -3.05. The SMILES string of the molecule is CC(C)S(=O)(=O)N1CCN(CCS)CC1. The number of nitrogens with zero attached hydrogens (tertiary/aromatic N) is 2. The molecule has 0 unspecified atom stereocenters. The van der Waals surface area contributed by atoms with Crippen LogP contribution in [0.5, 0.6) is 0 Å². The van der Waals surface area contributed by atoms with Crippen LogP contribution < -0.4 is 0 Å². The summed E-state index contributed by atoms with van der Waals surface area (Å²) in [5, 5.41) is -0.311. The second-order valence-corrected chi connectivity index (χ2v) is 6.99. The highest BCUT2D eigenvalue weighted by Gasteiger charge is 2.28. The Morgan fingerprint density at radius 1 is 1.20 bits per heavy atom. The van der Waals surface area contributed by atoms with E-state index in [1.165, 1.54) is 0 Å². The lowest BCUT2D eigenvalue weighted by molar-refractivity contribution is 0.197.